The fourth-order valence-electron chi connectivity index (χ4n) is 3.09. The Morgan fingerprint density at radius 3 is 2.46 bits per heavy atom. The van der Waals surface area contributed by atoms with Crippen molar-refractivity contribution >= 4 is 17.2 Å². The predicted molar refractivity (Wildman–Crippen MR) is 112 cm³/mol. The molecule has 0 bridgehead atoms. The van der Waals surface area contributed by atoms with E-state index in [1.54, 1.807) is 17.5 Å². The number of benzene rings is 1. The van der Waals surface area contributed by atoms with Crippen molar-refractivity contribution in [2.75, 3.05) is 0 Å². The number of nitrogens with zero attached hydrogens (tertiary/aromatic N) is 2. The van der Waals surface area contributed by atoms with Crippen molar-refractivity contribution < 1.29 is 4.79 Å². The molecule has 28 heavy (non-hydrogen) atoms. The lowest BCUT2D eigenvalue weighted by atomic mass is 10.0. The second-order valence-electron chi connectivity index (χ2n) is 6.38. The number of aromatic nitrogens is 2. The minimum Gasteiger partial charge on any atom is -0.339 e. The third kappa shape index (κ3) is 3.85. The summed E-state index contributed by atoms with van der Waals surface area (Å²) in [6.07, 6.45) is 1.74. The number of carbonyl (C=O) groups excluding carboxylic acids is 1. The Morgan fingerprint density at radius 2 is 1.79 bits per heavy atom. The Morgan fingerprint density at radius 1 is 0.964 bits per heavy atom. The molecule has 0 aliphatic carbocycles. The summed E-state index contributed by atoms with van der Waals surface area (Å²) in [6, 6.07) is 23.0. The van der Waals surface area contributed by atoms with E-state index in [4.69, 9.17) is 0 Å². The van der Waals surface area contributed by atoms with Crippen molar-refractivity contribution in [1.29, 1.82) is 0 Å². The van der Waals surface area contributed by atoms with E-state index in [1.165, 1.54) is 0 Å². The molecule has 0 fully saturated rings. The summed E-state index contributed by atoms with van der Waals surface area (Å²) in [4.78, 5) is 23.2. The van der Waals surface area contributed by atoms with Gasteiger partial charge in [0.15, 0.2) is 0 Å². The van der Waals surface area contributed by atoms with Gasteiger partial charge in [-0.2, -0.15) is 0 Å². The summed E-state index contributed by atoms with van der Waals surface area (Å²) in [6.45, 7) is 1.87. The number of aryl methyl sites for hydroxylation is 1. The van der Waals surface area contributed by atoms with Crippen molar-refractivity contribution in [2.45, 2.75) is 13.0 Å². The molecule has 0 aliphatic rings. The molecule has 1 amide bonds. The van der Waals surface area contributed by atoms with Crippen LogP contribution in [0.2, 0.25) is 0 Å². The van der Waals surface area contributed by atoms with Gasteiger partial charge in [-0.3, -0.25) is 14.8 Å². The van der Waals surface area contributed by atoms with Crippen LogP contribution in [0, 0.1) is 6.92 Å². The first-order valence-electron chi connectivity index (χ1n) is 9.00. The van der Waals surface area contributed by atoms with Gasteiger partial charge in [-0.1, -0.05) is 42.5 Å². The molecule has 0 radical (unpaired) electrons. The fourth-order valence-corrected chi connectivity index (χ4v) is 3.79. The predicted octanol–water partition coefficient (Wildman–Crippen LogP) is 5.03. The van der Waals surface area contributed by atoms with Gasteiger partial charge < -0.3 is 5.32 Å². The lowest BCUT2D eigenvalue weighted by Crippen LogP contribution is -2.30. The van der Waals surface area contributed by atoms with Crippen LogP contribution in [-0.2, 0) is 0 Å². The zero-order chi connectivity index (χ0) is 19.3. The second-order valence-corrected chi connectivity index (χ2v) is 7.33. The minimum absolute atomic E-state index is 0.165. The molecule has 0 aliphatic heterocycles. The van der Waals surface area contributed by atoms with Crippen LogP contribution in [0.5, 0.6) is 0 Å². The molecule has 5 heteroatoms. The molecule has 1 atom stereocenters. The fraction of sp³-hybridized carbons (Fsp3) is 0.0870. The van der Waals surface area contributed by atoms with Gasteiger partial charge in [-0.15, -0.1) is 11.3 Å². The van der Waals surface area contributed by atoms with E-state index in [0.717, 1.165) is 21.8 Å². The zero-order valence-corrected chi connectivity index (χ0v) is 16.2. The number of nitrogens with one attached hydrogen (secondary N) is 1. The highest BCUT2D eigenvalue weighted by Crippen LogP contribution is 2.25. The second kappa shape index (κ2) is 8.15. The highest BCUT2D eigenvalue weighted by atomic mass is 32.1. The Kier molecular flexibility index (Phi) is 5.26. The maximum Gasteiger partial charge on any atom is 0.253 e. The van der Waals surface area contributed by atoms with Gasteiger partial charge in [0.25, 0.3) is 5.91 Å². The van der Waals surface area contributed by atoms with Crippen LogP contribution in [-0.4, -0.2) is 15.9 Å². The van der Waals surface area contributed by atoms with Gasteiger partial charge in [0, 0.05) is 6.20 Å². The minimum atomic E-state index is -0.328. The van der Waals surface area contributed by atoms with Crippen molar-refractivity contribution in [2.24, 2.45) is 0 Å². The van der Waals surface area contributed by atoms with Crippen LogP contribution in [0.1, 0.15) is 33.4 Å². The molecular formula is C23H19N3OS. The lowest BCUT2D eigenvalue weighted by Gasteiger charge is -2.19. The van der Waals surface area contributed by atoms with Crippen LogP contribution < -0.4 is 5.32 Å². The van der Waals surface area contributed by atoms with Gasteiger partial charge in [-0.05, 0) is 48.2 Å². The molecule has 1 N–H and O–H groups in total. The maximum absolute atomic E-state index is 13.0. The average molecular weight is 385 g/mol. The molecule has 0 saturated carbocycles. The molecule has 0 saturated heterocycles. The third-order valence-electron chi connectivity index (χ3n) is 4.50. The average Bonchev–Trinajstić information content (AvgIpc) is 3.28. The molecular weight excluding hydrogens is 366 g/mol. The van der Waals surface area contributed by atoms with Crippen molar-refractivity contribution in [3.05, 3.63) is 107 Å². The summed E-state index contributed by atoms with van der Waals surface area (Å²) in [5.41, 5.74) is 3.93. The molecule has 0 spiro atoms. The SMILES string of the molecule is Cc1nc(-c2cccs2)ccc1C(=O)NC(c1ccccc1)c1ccccn1. The Labute approximate surface area is 167 Å². The molecule has 1 unspecified atom stereocenters. The van der Waals surface area contributed by atoms with E-state index in [9.17, 15) is 4.79 Å². The summed E-state index contributed by atoms with van der Waals surface area (Å²) in [5, 5.41) is 5.14. The topological polar surface area (TPSA) is 54.9 Å². The number of hydrogen-bond donors (Lipinski definition) is 1. The quantitative estimate of drug-likeness (QED) is 0.524. The van der Waals surface area contributed by atoms with Crippen molar-refractivity contribution in [1.82, 2.24) is 15.3 Å². The van der Waals surface area contributed by atoms with E-state index in [2.05, 4.69) is 15.3 Å². The lowest BCUT2D eigenvalue weighted by molar-refractivity contribution is 0.0941. The molecule has 3 aromatic heterocycles. The van der Waals surface area contributed by atoms with Crippen LogP contribution in [0.3, 0.4) is 0 Å². The Balaban J connectivity index is 1.63. The first-order valence-corrected chi connectivity index (χ1v) is 9.88. The van der Waals surface area contributed by atoms with Crippen molar-refractivity contribution in [3.63, 3.8) is 0 Å². The van der Waals surface area contributed by atoms with Gasteiger partial charge >= 0.3 is 0 Å². The van der Waals surface area contributed by atoms with Crippen LogP contribution in [0.25, 0.3) is 10.6 Å². The van der Waals surface area contributed by atoms with Crippen molar-refractivity contribution in [3.8, 4) is 10.6 Å². The van der Waals surface area contributed by atoms with E-state index in [-0.39, 0.29) is 11.9 Å². The van der Waals surface area contributed by atoms with E-state index in [1.807, 2.05) is 85.1 Å². The van der Waals surface area contributed by atoms with Crippen LogP contribution in [0.15, 0.2) is 84.4 Å². The van der Waals surface area contributed by atoms with Gasteiger partial charge in [0.1, 0.15) is 0 Å². The van der Waals surface area contributed by atoms with Gasteiger partial charge in [-0.25, -0.2) is 0 Å². The van der Waals surface area contributed by atoms with Crippen LogP contribution >= 0.6 is 11.3 Å². The summed E-state index contributed by atoms with van der Waals surface area (Å²) in [5.74, 6) is -0.165. The number of carbonyl (C=O) groups is 1. The zero-order valence-electron chi connectivity index (χ0n) is 15.4. The van der Waals surface area contributed by atoms with E-state index >= 15 is 0 Å². The highest BCUT2D eigenvalue weighted by Gasteiger charge is 2.20. The van der Waals surface area contributed by atoms with Crippen LogP contribution in [0.4, 0.5) is 0 Å². The summed E-state index contributed by atoms with van der Waals surface area (Å²) >= 11 is 1.63. The maximum atomic E-state index is 13.0. The summed E-state index contributed by atoms with van der Waals surface area (Å²) < 4.78 is 0. The number of hydrogen-bond acceptors (Lipinski definition) is 4. The Hall–Kier alpha value is -3.31. The number of thiophene rings is 1. The monoisotopic (exact) mass is 385 g/mol. The molecule has 1 aromatic carbocycles. The summed E-state index contributed by atoms with van der Waals surface area (Å²) in [7, 11) is 0. The molecule has 4 nitrogen and oxygen atoms in total. The number of pyridine rings is 2. The molecule has 138 valence electrons. The number of rotatable bonds is 5. The first-order chi connectivity index (χ1) is 13.7. The smallest absolute Gasteiger partial charge is 0.253 e. The molecule has 4 rings (SSSR count). The standard InChI is InChI=1S/C23H19N3OS/c1-16-18(12-13-19(25-16)21-11-7-15-28-21)23(27)26-22(17-8-3-2-4-9-17)20-10-5-6-14-24-20/h2-15,22H,1H3,(H,26,27). The van der Waals surface area contributed by atoms with Gasteiger partial charge in [0.2, 0.25) is 0 Å². The molecule has 3 heterocycles. The first kappa shape index (κ1) is 18.1. The third-order valence-corrected chi connectivity index (χ3v) is 5.39. The number of amides is 1. The van der Waals surface area contributed by atoms with E-state index in [0.29, 0.717) is 11.3 Å². The van der Waals surface area contributed by atoms with Gasteiger partial charge in [0.05, 0.1) is 33.6 Å². The largest absolute Gasteiger partial charge is 0.339 e. The highest BCUT2D eigenvalue weighted by molar-refractivity contribution is 7.13. The normalized spacial score (nSPS) is 11.8. The molecule has 4 aromatic rings. The van der Waals surface area contributed by atoms with E-state index < -0.39 is 0 Å². The Bertz CT molecular complexity index is 1020.